The lowest BCUT2D eigenvalue weighted by molar-refractivity contribution is 0.151. The molecule has 1 rings (SSSR count). The Balaban J connectivity index is 2.74. The third-order valence-electron chi connectivity index (χ3n) is 2.62. The summed E-state index contributed by atoms with van der Waals surface area (Å²) in [6.45, 7) is 5.94. The van der Waals surface area contributed by atoms with E-state index < -0.39 is 6.43 Å². The van der Waals surface area contributed by atoms with Crippen molar-refractivity contribution in [3.63, 3.8) is 0 Å². The number of likely N-dealkylation sites (N-methyl/N-ethyl adjacent to an activating group) is 1. The fourth-order valence-corrected chi connectivity index (χ4v) is 1.54. The average molecular weight is 239 g/mol. The smallest absolute Gasteiger partial charge is 0.263 e. The molecule has 0 fully saturated rings. The Morgan fingerprint density at radius 3 is 2.35 bits per heavy atom. The van der Waals surface area contributed by atoms with E-state index in [1.54, 1.807) is 12.1 Å². The Hall–Kier alpha value is -1.22. The maximum atomic E-state index is 12.4. The lowest BCUT2D eigenvalue weighted by atomic mass is 10.1. The SMILES string of the molecule is CCNC/C(=C/c1ccc(C(F)F)cc1)CC. The third-order valence-corrected chi connectivity index (χ3v) is 2.62. The van der Waals surface area contributed by atoms with Crippen molar-refractivity contribution in [1.29, 1.82) is 0 Å². The van der Waals surface area contributed by atoms with Gasteiger partial charge in [0.15, 0.2) is 0 Å². The average Bonchev–Trinajstić information content (AvgIpc) is 2.35. The molecule has 0 amide bonds. The number of hydrogen-bond donors (Lipinski definition) is 1. The van der Waals surface area contributed by atoms with Gasteiger partial charge in [0.05, 0.1) is 0 Å². The molecule has 3 heteroatoms. The summed E-state index contributed by atoms with van der Waals surface area (Å²) in [4.78, 5) is 0. The van der Waals surface area contributed by atoms with Crippen molar-refractivity contribution >= 4 is 6.08 Å². The second kappa shape index (κ2) is 7.17. The zero-order chi connectivity index (χ0) is 12.7. The number of benzene rings is 1. The molecule has 0 aliphatic rings. The van der Waals surface area contributed by atoms with Gasteiger partial charge in [-0.15, -0.1) is 0 Å². The minimum absolute atomic E-state index is 0.0758. The quantitative estimate of drug-likeness (QED) is 0.790. The van der Waals surface area contributed by atoms with Gasteiger partial charge in [-0.3, -0.25) is 0 Å². The van der Waals surface area contributed by atoms with Crippen molar-refractivity contribution in [1.82, 2.24) is 5.32 Å². The van der Waals surface area contributed by atoms with E-state index in [4.69, 9.17) is 0 Å². The number of hydrogen-bond acceptors (Lipinski definition) is 1. The Kier molecular flexibility index (Phi) is 5.84. The van der Waals surface area contributed by atoms with Gasteiger partial charge in [0.25, 0.3) is 6.43 Å². The minimum atomic E-state index is -2.39. The summed E-state index contributed by atoms with van der Waals surface area (Å²) in [5.74, 6) is 0. The van der Waals surface area contributed by atoms with E-state index >= 15 is 0 Å². The van der Waals surface area contributed by atoms with E-state index in [1.165, 1.54) is 17.7 Å². The first kappa shape index (κ1) is 13.8. The summed E-state index contributed by atoms with van der Waals surface area (Å²) >= 11 is 0. The first-order valence-electron chi connectivity index (χ1n) is 5.95. The summed E-state index contributed by atoms with van der Waals surface area (Å²) < 4.78 is 24.7. The van der Waals surface area contributed by atoms with Crippen molar-refractivity contribution in [2.75, 3.05) is 13.1 Å². The maximum Gasteiger partial charge on any atom is 0.263 e. The largest absolute Gasteiger partial charge is 0.313 e. The van der Waals surface area contributed by atoms with Crippen LogP contribution in [-0.4, -0.2) is 13.1 Å². The van der Waals surface area contributed by atoms with Crippen LogP contribution in [-0.2, 0) is 0 Å². The van der Waals surface area contributed by atoms with E-state index in [9.17, 15) is 8.78 Å². The van der Waals surface area contributed by atoms with Crippen LogP contribution in [0, 0.1) is 0 Å². The zero-order valence-electron chi connectivity index (χ0n) is 10.3. The molecule has 0 aromatic heterocycles. The summed E-state index contributed by atoms with van der Waals surface area (Å²) in [5, 5.41) is 3.26. The molecule has 1 nitrogen and oxygen atoms in total. The van der Waals surface area contributed by atoms with Crippen LogP contribution in [0.3, 0.4) is 0 Å². The highest BCUT2D eigenvalue weighted by Crippen LogP contribution is 2.19. The van der Waals surface area contributed by atoms with Crippen molar-refractivity contribution in [3.8, 4) is 0 Å². The zero-order valence-corrected chi connectivity index (χ0v) is 10.3. The van der Waals surface area contributed by atoms with Gasteiger partial charge in [0.2, 0.25) is 0 Å². The molecule has 1 aromatic rings. The van der Waals surface area contributed by atoms with Crippen molar-refractivity contribution < 1.29 is 8.78 Å². The van der Waals surface area contributed by atoms with Gasteiger partial charge in [-0.25, -0.2) is 8.78 Å². The van der Waals surface area contributed by atoms with Crippen LogP contribution in [0.5, 0.6) is 0 Å². The predicted molar refractivity (Wildman–Crippen MR) is 68.2 cm³/mol. The number of rotatable bonds is 6. The highest BCUT2D eigenvalue weighted by molar-refractivity contribution is 5.53. The van der Waals surface area contributed by atoms with Gasteiger partial charge in [-0.2, -0.15) is 0 Å². The monoisotopic (exact) mass is 239 g/mol. The van der Waals surface area contributed by atoms with Crippen molar-refractivity contribution in [2.45, 2.75) is 26.7 Å². The molecule has 0 unspecified atom stereocenters. The first-order chi connectivity index (χ1) is 8.17. The van der Waals surface area contributed by atoms with Crippen LogP contribution in [0.15, 0.2) is 29.8 Å². The first-order valence-corrected chi connectivity index (χ1v) is 5.95. The van der Waals surface area contributed by atoms with Crippen LogP contribution in [0.4, 0.5) is 8.78 Å². The summed E-state index contributed by atoms with van der Waals surface area (Å²) in [6.07, 6.45) is 0.627. The van der Waals surface area contributed by atoms with E-state index in [0.717, 1.165) is 25.1 Å². The third kappa shape index (κ3) is 4.65. The normalized spacial score (nSPS) is 12.2. The Morgan fingerprint density at radius 1 is 1.24 bits per heavy atom. The topological polar surface area (TPSA) is 12.0 Å². The van der Waals surface area contributed by atoms with Gasteiger partial charge < -0.3 is 5.32 Å². The number of alkyl halides is 2. The minimum Gasteiger partial charge on any atom is -0.313 e. The molecular weight excluding hydrogens is 220 g/mol. The van der Waals surface area contributed by atoms with Crippen molar-refractivity contribution in [3.05, 3.63) is 41.0 Å². The number of halogens is 2. The van der Waals surface area contributed by atoms with E-state index in [1.807, 2.05) is 0 Å². The summed E-state index contributed by atoms with van der Waals surface area (Å²) in [7, 11) is 0. The van der Waals surface area contributed by atoms with Gasteiger partial charge >= 0.3 is 0 Å². The molecule has 0 aliphatic heterocycles. The molecule has 0 heterocycles. The molecule has 17 heavy (non-hydrogen) atoms. The van der Waals surface area contributed by atoms with Crippen LogP contribution in [0.25, 0.3) is 6.08 Å². The maximum absolute atomic E-state index is 12.4. The summed E-state index contributed by atoms with van der Waals surface area (Å²) in [6, 6.07) is 6.44. The van der Waals surface area contributed by atoms with Crippen LogP contribution in [0.1, 0.15) is 37.8 Å². The Labute approximate surface area is 102 Å². The second-order valence-corrected chi connectivity index (χ2v) is 3.90. The molecule has 0 radical (unpaired) electrons. The summed E-state index contributed by atoms with van der Waals surface area (Å²) in [5.41, 5.74) is 2.33. The standard InChI is InChI=1S/C14H19F2N/c1-3-11(10-17-4-2)9-12-5-7-13(8-6-12)14(15)16/h5-9,14,17H,3-4,10H2,1-2H3/b11-9+. The molecule has 0 atom stereocenters. The lowest BCUT2D eigenvalue weighted by Crippen LogP contribution is -2.15. The molecule has 0 saturated carbocycles. The van der Waals surface area contributed by atoms with Gasteiger partial charge in [0.1, 0.15) is 0 Å². The fourth-order valence-electron chi connectivity index (χ4n) is 1.54. The lowest BCUT2D eigenvalue weighted by Gasteiger charge is -2.06. The molecule has 0 spiro atoms. The van der Waals surface area contributed by atoms with Gasteiger partial charge in [-0.1, -0.05) is 49.8 Å². The van der Waals surface area contributed by atoms with Gasteiger partial charge in [0, 0.05) is 12.1 Å². The molecule has 1 N–H and O–H groups in total. The highest BCUT2D eigenvalue weighted by Gasteiger charge is 2.05. The fraction of sp³-hybridized carbons (Fsp3) is 0.429. The predicted octanol–water partition coefficient (Wildman–Crippen LogP) is 4.03. The van der Waals surface area contributed by atoms with E-state index in [2.05, 4.69) is 25.2 Å². The van der Waals surface area contributed by atoms with Crippen LogP contribution >= 0.6 is 0 Å². The second-order valence-electron chi connectivity index (χ2n) is 3.90. The van der Waals surface area contributed by atoms with Gasteiger partial charge in [-0.05, 0) is 18.5 Å². The molecule has 0 saturated heterocycles. The number of nitrogens with one attached hydrogen (secondary N) is 1. The Morgan fingerprint density at radius 2 is 1.88 bits per heavy atom. The molecule has 0 aliphatic carbocycles. The molecule has 94 valence electrons. The van der Waals surface area contributed by atoms with E-state index in [-0.39, 0.29) is 5.56 Å². The molecule has 0 bridgehead atoms. The van der Waals surface area contributed by atoms with Crippen LogP contribution in [0.2, 0.25) is 0 Å². The van der Waals surface area contributed by atoms with E-state index in [0.29, 0.717) is 0 Å². The van der Waals surface area contributed by atoms with Crippen LogP contribution < -0.4 is 5.32 Å². The highest BCUT2D eigenvalue weighted by atomic mass is 19.3. The van der Waals surface area contributed by atoms with Crippen molar-refractivity contribution in [2.24, 2.45) is 0 Å². The molecule has 1 aromatic carbocycles. The Bertz CT molecular complexity index is 355. The molecular formula is C14H19F2N.